The highest BCUT2D eigenvalue weighted by Crippen LogP contribution is 2.27. The summed E-state index contributed by atoms with van der Waals surface area (Å²) < 4.78 is 5.48. The fourth-order valence-electron chi connectivity index (χ4n) is 3.76. The Morgan fingerprint density at radius 1 is 1.33 bits per heavy atom. The Balaban J connectivity index is 1.58. The standard InChI is InChI=1S/C16H28N4O/c1-16(2,20-8-10-21-11-9-20)13-19-7-3-4-14(12-19)15-5-6-17-18-15/h5-6,14H,3-4,7-13H2,1-2H3,(H,17,18). The van der Waals surface area contributed by atoms with E-state index in [4.69, 9.17) is 4.74 Å². The number of morpholine rings is 1. The molecule has 1 atom stereocenters. The zero-order valence-electron chi connectivity index (χ0n) is 13.3. The number of hydrogen-bond donors (Lipinski definition) is 1. The highest BCUT2D eigenvalue weighted by molar-refractivity contribution is 5.07. The van der Waals surface area contributed by atoms with E-state index < -0.39 is 0 Å². The van der Waals surface area contributed by atoms with Gasteiger partial charge in [0.05, 0.1) is 13.2 Å². The van der Waals surface area contributed by atoms with Crippen molar-refractivity contribution in [2.24, 2.45) is 0 Å². The van der Waals surface area contributed by atoms with Crippen LogP contribution >= 0.6 is 0 Å². The lowest BCUT2D eigenvalue weighted by Crippen LogP contribution is -2.56. The maximum Gasteiger partial charge on any atom is 0.0594 e. The van der Waals surface area contributed by atoms with E-state index in [2.05, 4.69) is 39.9 Å². The molecule has 21 heavy (non-hydrogen) atoms. The molecule has 1 unspecified atom stereocenters. The first kappa shape index (κ1) is 15.0. The number of aromatic nitrogens is 2. The predicted octanol–water partition coefficient (Wildman–Crippen LogP) is 1.70. The molecule has 118 valence electrons. The highest BCUT2D eigenvalue weighted by Gasteiger charge is 2.32. The van der Waals surface area contributed by atoms with Crippen LogP contribution in [0.5, 0.6) is 0 Å². The lowest BCUT2D eigenvalue weighted by Gasteiger charge is -2.45. The fraction of sp³-hybridized carbons (Fsp3) is 0.812. The lowest BCUT2D eigenvalue weighted by atomic mass is 9.92. The zero-order valence-corrected chi connectivity index (χ0v) is 13.3. The van der Waals surface area contributed by atoms with Crippen molar-refractivity contribution in [2.45, 2.75) is 38.1 Å². The van der Waals surface area contributed by atoms with Crippen LogP contribution in [0.15, 0.2) is 12.3 Å². The lowest BCUT2D eigenvalue weighted by molar-refractivity contribution is -0.0242. The predicted molar refractivity (Wildman–Crippen MR) is 83.5 cm³/mol. The minimum atomic E-state index is 0.222. The van der Waals surface area contributed by atoms with Crippen LogP contribution in [0, 0.1) is 0 Å². The Kier molecular flexibility index (Phi) is 4.62. The molecule has 3 rings (SSSR count). The molecule has 2 aliphatic rings. The summed E-state index contributed by atoms with van der Waals surface area (Å²) in [7, 11) is 0. The van der Waals surface area contributed by atoms with Gasteiger partial charge in [0, 0.05) is 49.5 Å². The number of rotatable bonds is 4. The van der Waals surface area contributed by atoms with Crippen LogP contribution in [0.2, 0.25) is 0 Å². The summed E-state index contributed by atoms with van der Waals surface area (Å²) in [5, 5.41) is 7.25. The van der Waals surface area contributed by atoms with E-state index in [1.165, 1.54) is 25.1 Å². The molecule has 1 N–H and O–H groups in total. The Morgan fingerprint density at radius 2 is 2.14 bits per heavy atom. The maximum atomic E-state index is 5.48. The number of hydrogen-bond acceptors (Lipinski definition) is 4. The van der Waals surface area contributed by atoms with Crippen LogP contribution in [0.25, 0.3) is 0 Å². The van der Waals surface area contributed by atoms with E-state index in [0.717, 1.165) is 39.4 Å². The molecule has 5 nitrogen and oxygen atoms in total. The average Bonchev–Trinajstić information content (AvgIpc) is 3.02. The molecule has 1 aromatic rings. The van der Waals surface area contributed by atoms with Gasteiger partial charge in [-0.1, -0.05) is 0 Å². The van der Waals surface area contributed by atoms with Gasteiger partial charge in [0.25, 0.3) is 0 Å². The molecular formula is C16H28N4O. The molecular weight excluding hydrogens is 264 g/mol. The normalized spacial score (nSPS) is 26.1. The van der Waals surface area contributed by atoms with Crippen molar-refractivity contribution in [3.05, 3.63) is 18.0 Å². The third-order valence-electron chi connectivity index (χ3n) is 4.95. The summed E-state index contributed by atoms with van der Waals surface area (Å²) in [5.74, 6) is 0.613. The van der Waals surface area contributed by atoms with E-state index in [1.54, 1.807) is 0 Å². The molecule has 0 amide bonds. The molecule has 1 aromatic heterocycles. The molecule has 0 aromatic carbocycles. The van der Waals surface area contributed by atoms with Gasteiger partial charge in [-0.15, -0.1) is 0 Å². The number of piperidine rings is 1. The molecule has 0 radical (unpaired) electrons. The number of aromatic amines is 1. The molecule has 5 heteroatoms. The van der Waals surface area contributed by atoms with Gasteiger partial charge in [0.15, 0.2) is 0 Å². The second-order valence-electron chi connectivity index (χ2n) is 7.00. The highest BCUT2D eigenvalue weighted by atomic mass is 16.5. The van der Waals surface area contributed by atoms with Crippen molar-refractivity contribution in [1.82, 2.24) is 20.0 Å². The molecule has 0 aliphatic carbocycles. The summed E-state index contributed by atoms with van der Waals surface area (Å²) in [4.78, 5) is 5.21. The minimum Gasteiger partial charge on any atom is -0.379 e. The Bertz CT molecular complexity index is 425. The summed E-state index contributed by atoms with van der Waals surface area (Å²) in [6.07, 6.45) is 4.42. The molecule has 2 fully saturated rings. The van der Waals surface area contributed by atoms with E-state index in [0.29, 0.717) is 5.92 Å². The topological polar surface area (TPSA) is 44.4 Å². The number of nitrogens with one attached hydrogen (secondary N) is 1. The van der Waals surface area contributed by atoms with Crippen LogP contribution < -0.4 is 0 Å². The summed E-state index contributed by atoms with van der Waals surface area (Å²) in [6, 6.07) is 2.13. The van der Waals surface area contributed by atoms with Crippen molar-refractivity contribution in [3.63, 3.8) is 0 Å². The molecule has 2 saturated heterocycles. The van der Waals surface area contributed by atoms with Gasteiger partial charge >= 0.3 is 0 Å². The Labute approximate surface area is 127 Å². The molecule has 3 heterocycles. The van der Waals surface area contributed by atoms with Crippen LogP contribution in [-0.4, -0.2) is 71.5 Å². The van der Waals surface area contributed by atoms with Crippen LogP contribution in [0.3, 0.4) is 0 Å². The van der Waals surface area contributed by atoms with Gasteiger partial charge in [-0.3, -0.25) is 10.00 Å². The Hall–Kier alpha value is -0.910. The summed E-state index contributed by atoms with van der Waals surface area (Å²) >= 11 is 0. The van der Waals surface area contributed by atoms with Crippen LogP contribution in [0.1, 0.15) is 38.3 Å². The largest absolute Gasteiger partial charge is 0.379 e. The van der Waals surface area contributed by atoms with E-state index in [1.807, 2.05) is 6.20 Å². The second kappa shape index (κ2) is 6.46. The third-order valence-corrected chi connectivity index (χ3v) is 4.95. The number of nitrogens with zero attached hydrogens (tertiary/aromatic N) is 3. The fourth-order valence-corrected chi connectivity index (χ4v) is 3.76. The van der Waals surface area contributed by atoms with Gasteiger partial charge < -0.3 is 9.64 Å². The van der Waals surface area contributed by atoms with E-state index >= 15 is 0 Å². The molecule has 2 aliphatic heterocycles. The third kappa shape index (κ3) is 3.65. The molecule has 0 spiro atoms. The first-order chi connectivity index (χ1) is 10.1. The van der Waals surface area contributed by atoms with Crippen LogP contribution in [-0.2, 0) is 4.74 Å². The number of H-pyrrole nitrogens is 1. The molecule has 0 bridgehead atoms. The maximum absolute atomic E-state index is 5.48. The number of ether oxygens (including phenoxy) is 1. The number of likely N-dealkylation sites (tertiary alicyclic amines) is 1. The first-order valence-electron chi connectivity index (χ1n) is 8.19. The van der Waals surface area contributed by atoms with E-state index in [9.17, 15) is 0 Å². The monoisotopic (exact) mass is 292 g/mol. The van der Waals surface area contributed by atoms with Crippen molar-refractivity contribution in [1.29, 1.82) is 0 Å². The van der Waals surface area contributed by atoms with Gasteiger partial charge in [-0.25, -0.2) is 0 Å². The smallest absolute Gasteiger partial charge is 0.0594 e. The SMILES string of the molecule is CC(C)(CN1CCCC(c2ccn[nH]2)C1)N1CCOCC1. The van der Waals surface area contributed by atoms with Crippen molar-refractivity contribution < 1.29 is 4.74 Å². The van der Waals surface area contributed by atoms with Gasteiger partial charge in [-0.05, 0) is 39.3 Å². The van der Waals surface area contributed by atoms with Gasteiger partial charge in [0.1, 0.15) is 0 Å². The van der Waals surface area contributed by atoms with Crippen LogP contribution in [0.4, 0.5) is 0 Å². The second-order valence-corrected chi connectivity index (χ2v) is 7.00. The quantitative estimate of drug-likeness (QED) is 0.917. The van der Waals surface area contributed by atoms with Crippen molar-refractivity contribution >= 4 is 0 Å². The van der Waals surface area contributed by atoms with Gasteiger partial charge in [0.2, 0.25) is 0 Å². The van der Waals surface area contributed by atoms with Gasteiger partial charge in [-0.2, -0.15) is 5.10 Å². The Morgan fingerprint density at radius 3 is 2.86 bits per heavy atom. The minimum absolute atomic E-state index is 0.222. The zero-order chi connectivity index (χ0) is 14.7. The first-order valence-corrected chi connectivity index (χ1v) is 8.19. The summed E-state index contributed by atoms with van der Waals surface area (Å²) in [5.41, 5.74) is 1.52. The van der Waals surface area contributed by atoms with Crippen molar-refractivity contribution in [3.8, 4) is 0 Å². The van der Waals surface area contributed by atoms with Crippen molar-refractivity contribution in [2.75, 3.05) is 45.9 Å². The average molecular weight is 292 g/mol. The van der Waals surface area contributed by atoms with E-state index in [-0.39, 0.29) is 5.54 Å². The molecule has 0 saturated carbocycles. The summed E-state index contributed by atoms with van der Waals surface area (Å²) in [6.45, 7) is 12.1.